The van der Waals surface area contributed by atoms with Crippen LogP contribution in [0.25, 0.3) is 11.0 Å². The van der Waals surface area contributed by atoms with Crippen LogP contribution in [0, 0.1) is 12.7 Å². The number of ether oxygens (including phenoxy) is 2. The SMILES string of the molecule is COC(=O)Cc1cccc(Br)c1.Cc1ccc(C(OC2CCN(C)CC2)c2nc3ccccc3[nH]2)c(F)c1. The molecule has 1 N–H and O–H groups in total. The molecule has 0 bridgehead atoms. The van der Waals surface area contributed by atoms with Crippen molar-refractivity contribution in [2.45, 2.75) is 38.4 Å². The van der Waals surface area contributed by atoms with Gasteiger partial charge in [-0.3, -0.25) is 4.79 Å². The molecule has 0 radical (unpaired) electrons. The molecule has 5 rings (SSSR count). The number of aromatic amines is 1. The van der Waals surface area contributed by atoms with Crippen molar-refractivity contribution in [3.63, 3.8) is 0 Å². The molecule has 1 saturated heterocycles. The summed E-state index contributed by atoms with van der Waals surface area (Å²) in [5, 5.41) is 0. The van der Waals surface area contributed by atoms with E-state index in [1.807, 2.05) is 67.6 Å². The van der Waals surface area contributed by atoms with Crippen LogP contribution >= 0.6 is 15.9 Å². The molecular weight excluding hydrogens is 549 g/mol. The molecule has 38 heavy (non-hydrogen) atoms. The summed E-state index contributed by atoms with van der Waals surface area (Å²) in [6.07, 6.45) is 1.79. The number of aromatic nitrogens is 2. The van der Waals surface area contributed by atoms with E-state index in [-0.39, 0.29) is 17.9 Å². The van der Waals surface area contributed by atoms with Gasteiger partial charge >= 0.3 is 5.97 Å². The van der Waals surface area contributed by atoms with Crippen LogP contribution in [0.1, 0.15) is 41.5 Å². The number of carbonyl (C=O) groups is 1. The highest BCUT2D eigenvalue weighted by Crippen LogP contribution is 2.31. The quantitative estimate of drug-likeness (QED) is 0.268. The van der Waals surface area contributed by atoms with Crippen molar-refractivity contribution in [1.29, 1.82) is 0 Å². The van der Waals surface area contributed by atoms with Gasteiger partial charge in [0.25, 0.3) is 0 Å². The van der Waals surface area contributed by atoms with E-state index in [9.17, 15) is 9.18 Å². The summed E-state index contributed by atoms with van der Waals surface area (Å²) in [5.41, 5.74) is 4.19. The minimum atomic E-state index is -0.531. The summed E-state index contributed by atoms with van der Waals surface area (Å²) in [6, 6.07) is 20.7. The Morgan fingerprint density at radius 2 is 1.89 bits per heavy atom. The summed E-state index contributed by atoms with van der Waals surface area (Å²) in [4.78, 5) is 21.1. The Morgan fingerprint density at radius 3 is 2.58 bits per heavy atom. The molecule has 1 fully saturated rings. The summed E-state index contributed by atoms with van der Waals surface area (Å²) in [7, 11) is 3.51. The number of likely N-dealkylation sites (tertiary alicyclic amines) is 1. The van der Waals surface area contributed by atoms with Gasteiger partial charge in [0.1, 0.15) is 17.7 Å². The van der Waals surface area contributed by atoms with Crippen LogP contribution in [0.15, 0.2) is 71.2 Å². The minimum absolute atomic E-state index is 0.102. The van der Waals surface area contributed by atoms with E-state index < -0.39 is 6.10 Å². The predicted octanol–water partition coefficient (Wildman–Crippen LogP) is 6.38. The minimum Gasteiger partial charge on any atom is -0.469 e. The number of hydrogen-bond acceptors (Lipinski definition) is 5. The topological polar surface area (TPSA) is 67.5 Å². The Hall–Kier alpha value is -3.07. The molecule has 0 spiro atoms. The van der Waals surface area contributed by atoms with E-state index >= 15 is 0 Å². The number of halogens is 2. The smallest absolute Gasteiger partial charge is 0.309 e. The van der Waals surface area contributed by atoms with Crippen molar-refractivity contribution in [3.05, 3.63) is 99.5 Å². The van der Waals surface area contributed by atoms with Gasteiger partial charge in [-0.15, -0.1) is 0 Å². The van der Waals surface area contributed by atoms with Crippen molar-refractivity contribution in [3.8, 4) is 0 Å². The fraction of sp³-hybridized carbons (Fsp3) is 0.333. The molecular formula is C30H33BrFN3O3. The number of carbonyl (C=O) groups excluding carboxylic acids is 1. The Balaban J connectivity index is 0.000000236. The standard InChI is InChI=1S/C21H24FN3O.C9H9BrO2/c1-14-7-8-16(17(22)13-14)20(26-15-9-11-25(2)12-10-15)21-23-18-5-3-4-6-19(18)24-21;1-12-9(11)6-7-3-2-4-8(10)5-7/h3-8,13,15,20H,9-12H2,1-2H3,(H,23,24);2-5H,6H2,1H3. The second kappa shape index (κ2) is 13.1. The van der Waals surface area contributed by atoms with Gasteiger partial charge in [-0.2, -0.15) is 0 Å². The van der Waals surface area contributed by atoms with Crippen LogP contribution in [0.2, 0.25) is 0 Å². The number of para-hydroxylation sites is 2. The zero-order chi connectivity index (χ0) is 27.1. The lowest BCUT2D eigenvalue weighted by atomic mass is 10.0. The number of imidazole rings is 1. The number of esters is 1. The molecule has 1 aliphatic heterocycles. The normalized spacial score (nSPS) is 15.1. The Kier molecular flexibility index (Phi) is 9.66. The maximum Gasteiger partial charge on any atom is 0.309 e. The van der Waals surface area contributed by atoms with Crippen molar-refractivity contribution in [2.75, 3.05) is 27.2 Å². The molecule has 0 aliphatic carbocycles. The maximum absolute atomic E-state index is 14.7. The van der Waals surface area contributed by atoms with Crippen molar-refractivity contribution < 1.29 is 18.7 Å². The molecule has 1 aromatic heterocycles. The number of nitrogens with zero attached hydrogens (tertiary/aromatic N) is 2. The second-order valence-electron chi connectivity index (χ2n) is 9.57. The van der Waals surface area contributed by atoms with Gasteiger partial charge in [-0.1, -0.05) is 52.3 Å². The number of hydrogen-bond donors (Lipinski definition) is 1. The Morgan fingerprint density at radius 1 is 1.13 bits per heavy atom. The average Bonchev–Trinajstić information content (AvgIpc) is 3.33. The molecule has 3 aromatic carbocycles. The highest BCUT2D eigenvalue weighted by molar-refractivity contribution is 9.10. The molecule has 1 unspecified atom stereocenters. The van der Waals surface area contributed by atoms with E-state index in [4.69, 9.17) is 4.74 Å². The third-order valence-corrected chi connectivity index (χ3v) is 7.05. The summed E-state index contributed by atoms with van der Waals surface area (Å²) >= 11 is 3.32. The number of methoxy groups -OCH3 is 1. The van der Waals surface area contributed by atoms with Crippen LogP contribution in [-0.4, -0.2) is 54.2 Å². The van der Waals surface area contributed by atoms with Gasteiger partial charge in [0.05, 0.1) is 30.7 Å². The first-order chi connectivity index (χ1) is 18.3. The molecule has 1 aliphatic rings. The molecule has 6 nitrogen and oxygen atoms in total. The lowest BCUT2D eigenvalue weighted by Gasteiger charge is -2.31. The predicted molar refractivity (Wildman–Crippen MR) is 151 cm³/mol. The van der Waals surface area contributed by atoms with Crippen LogP contribution in [-0.2, 0) is 20.7 Å². The Bertz CT molecular complexity index is 1330. The van der Waals surface area contributed by atoms with Crippen molar-refractivity contribution >= 4 is 32.9 Å². The first kappa shape index (κ1) is 28.0. The number of aryl methyl sites for hydroxylation is 1. The van der Waals surface area contributed by atoms with Crippen LogP contribution in [0.3, 0.4) is 0 Å². The average molecular weight is 583 g/mol. The van der Waals surface area contributed by atoms with Crippen molar-refractivity contribution in [2.24, 2.45) is 0 Å². The second-order valence-corrected chi connectivity index (χ2v) is 10.5. The molecule has 8 heteroatoms. The Labute approximate surface area is 231 Å². The summed E-state index contributed by atoms with van der Waals surface area (Å²) in [6.45, 7) is 3.88. The van der Waals surface area contributed by atoms with Crippen LogP contribution in [0.5, 0.6) is 0 Å². The zero-order valence-corrected chi connectivity index (χ0v) is 23.5. The van der Waals surface area contributed by atoms with Gasteiger partial charge in [0.2, 0.25) is 0 Å². The van der Waals surface area contributed by atoms with E-state index in [0.29, 0.717) is 17.8 Å². The fourth-order valence-electron chi connectivity index (χ4n) is 4.43. The highest BCUT2D eigenvalue weighted by atomic mass is 79.9. The van der Waals surface area contributed by atoms with Crippen LogP contribution in [0.4, 0.5) is 4.39 Å². The lowest BCUT2D eigenvalue weighted by Crippen LogP contribution is -2.35. The van der Waals surface area contributed by atoms with Gasteiger partial charge in [-0.05, 0) is 68.3 Å². The molecule has 0 amide bonds. The monoisotopic (exact) mass is 581 g/mol. The number of fused-ring (bicyclic) bond motifs is 1. The highest BCUT2D eigenvalue weighted by Gasteiger charge is 2.27. The summed E-state index contributed by atoms with van der Waals surface area (Å²) < 4.78 is 26.6. The number of rotatable bonds is 6. The number of H-pyrrole nitrogens is 1. The molecule has 4 aromatic rings. The summed E-state index contributed by atoms with van der Waals surface area (Å²) in [5.74, 6) is 0.198. The van der Waals surface area contributed by atoms with E-state index in [2.05, 4.69) is 42.6 Å². The first-order valence-electron chi connectivity index (χ1n) is 12.7. The number of benzene rings is 3. The number of nitrogens with one attached hydrogen (secondary N) is 1. The van der Waals surface area contributed by atoms with Crippen LogP contribution < -0.4 is 0 Å². The first-order valence-corrected chi connectivity index (χ1v) is 13.5. The number of piperidine rings is 1. The maximum atomic E-state index is 14.7. The van der Waals surface area contributed by atoms with Gasteiger partial charge < -0.3 is 19.4 Å². The van der Waals surface area contributed by atoms with E-state index in [1.165, 1.54) is 7.11 Å². The fourth-order valence-corrected chi connectivity index (χ4v) is 4.87. The lowest BCUT2D eigenvalue weighted by molar-refractivity contribution is -0.139. The van der Waals surface area contributed by atoms with Gasteiger partial charge in [0.15, 0.2) is 0 Å². The van der Waals surface area contributed by atoms with Crippen molar-refractivity contribution in [1.82, 2.24) is 14.9 Å². The molecule has 200 valence electrons. The largest absolute Gasteiger partial charge is 0.469 e. The third-order valence-electron chi connectivity index (χ3n) is 6.55. The van der Waals surface area contributed by atoms with Gasteiger partial charge in [-0.25, -0.2) is 9.37 Å². The molecule has 1 atom stereocenters. The molecule has 2 heterocycles. The van der Waals surface area contributed by atoms with E-state index in [1.54, 1.807) is 6.07 Å². The molecule has 0 saturated carbocycles. The third kappa shape index (κ3) is 7.49. The van der Waals surface area contributed by atoms with E-state index in [0.717, 1.165) is 52.6 Å². The van der Waals surface area contributed by atoms with Gasteiger partial charge in [0, 0.05) is 23.1 Å². The zero-order valence-electron chi connectivity index (χ0n) is 21.9.